The quantitative estimate of drug-likeness (QED) is 0.783. The molecule has 3 nitrogen and oxygen atoms in total. The van der Waals surface area contributed by atoms with Crippen molar-refractivity contribution in [1.29, 1.82) is 0 Å². The van der Waals surface area contributed by atoms with Crippen LogP contribution in [-0.4, -0.2) is 23.7 Å². The fourth-order valence-corrected chi connectivity index (χ4v) is 1.42. The fraction of sp³-hybridized carbons (Fsp3) is 0.400. The standard InChI is InChI=1S/C15H21NO2/c1-11-4-6-14(7-5-11)8-9-15(18)16-13(3)12(2)10-17/h4-9,12-13,17H,10H2,1-3H3,(H,16,18)/b9-8+. The van der Waals surface area contributed by atoms with E-state index in [9.17, 15) is 4.79 Å². The number of hydrogen-bond acceptors (Lipinski definition) is 2. The van der Waals surface area contributed by atoms with Crippen LogP contribution in [0.2, 0.25) is 0 Å². The Bertz CT molecular complexity index is 409. The lowest BCUT2D eigenvalue weighted by molar-refractivity contribution is -0.117. The Morgan fingerprint density at radius 3 is 2.50 bits per heavy atom. The van der Waals surface area contributed by atoms with Crippen molar-refractivity contribution in [2.75, 3.05) is 6.61 Å². The van der Waals surface area contributed by atoms with Crippen molar-refractivity contribution >= 4 is 12.0 Å². The molecule has 1 aromatic carbocycles. The smallest absolute Gasteiger partial charge is 0.244 e. The topological polar surface area (TPSA) is 49.3 Å². The molecule has 2 N–H and O–H groups in total. The minimum Gasteiger partial charge on any atom is -0.396 e. The molecule has 0 aromatic heterocycles. The predicted octanol–water partition coefficient (Wildman–Crippen LogP) is 2.14. The molecule has 1 aromatic rings. The molecule has 0 aliphatic carbocycles. The van der Waals surface area contributed by atoms with Crippen LogP contribution in [0.25, 0.3) is 6.08 Å². The number of amides is 1. The van der Waals surface area contributed by atoms with Crippen molar-refractivity contribution in [2.24, 2.45) is 5.92 Å². The SMILES string of the molecule is Cc1ccc(/C=C/C(=O)NC(C)C(C)CO)cc1. The van der Waals surface area contributed by atoms with Crippen LogP contribution < -0.4 is 5.32 Å². The average molecular weight is 247 g/mol. The summed E-state index contributed by atoms with van der Waals surface area (Å²) in [6.07, 6.45) is 3.30. The second kappa shape index (κ2) is 6.97. The molecule has 98 valence electrons. The lowest BCUT2D eigenvalue weighted by Crippen LogP contribution is -2.37. The molecule has 0 bridgehead atoms. The van der Waals surface area contributed by atoms with Crippen LogP contribution in [-0.2, 0) is 4.79 Å². The van der Waals surface area contributed by atoms with Crippen LogP contribution in [0.15, 0.2) is 30.3 Å². The largest absolute Gasteiger partial charge is 0.396 e. The van der Waals surface area contributed by atoms with Gasteiger partial charge in [-0.25, -0.2) is 0 Å². The van der Waals surface area contributed by atoms with Crippen molar-refractivity contribution in [2.45, 2.75) is 26.8 Å². The molecule has 0 fully saturated rings. The van der Waals surface area contributed by atoms with Gasteiger partial charge in [-0.3, -0.25) is 4.79 Å². The molecule has 0 aliphatic rings. The zero-order valence-corrected chi connectivity index (χ0v) is 11.2. The van der Waals surface area contributed by atoms with Crippen LogP contribution >= 0.6 is 0 Å². The molecule has 1 amide bonds. The van der Waals surface area contributed by atoms with E-state index in [-0.39, 0.29) is 24.5 Å². The van der Waals surface area contributed by atoms with E-state index in [2.05, 4.69) is 5.32 Å². The molecule has 0 aliphatic heterocycles. The Hall–Kier alpha value is -1.61. The second-order valence-corrected chi connectivity index (χ2v) is 4.70. The van der Waals surface area contributed by atoms with Gasteiger partial charge in [0.25, 0.3) is 0 Å². The molecular formula is C15H21NO2. The van der Waals surface area contributed by atoms with Crippen molar-refractivity contribution in [3.05, 3.63) is 41.5 Å². The molecule has 0 saturated carbocycles. The molecule has 1 rings (SSSR count). The zero-order chi connectivity index (χ0) is 13.5. The lowest BCUT2D eigenvalue weighted by Gasteiger charge is -2.18. The average Bonchev–Trinajstić information content (AvgIpc) is 2.37. The minimum atomic E-state index is -0.136. The number of nitrogens with one attached hydrogen (secondary N) is 1. The Balaban J connectivity index is 2.52. The summed E-state index contributed by atoms with van der Waals surface area (Å²) < 4.78 is 0. The molecular weight excluding hydrogens is 226 g/mol. The molecule has 0 saturated heterocycles. The number of benzene rings is 1. The molecule has 3 heteroatoms. The van der Waals surface area contributed by atoms with E-state index in [0.717, 1.165) is 5.56 Å². The van der Waals surface area contributed by atoms with Gasteiger partial charge in [-0.05, 0) is 31.4 Å². The van der Waals surface area contributed by atoms with Crippen molar-refractivity contribution in [1.82, 2.24) is 5.32 Å². The van der Waals surface area contributed by atoms with E-state index in [0.29, 0.717) is 0 Å². The van der Waals surface area contributed by atoms with Gasteiger partial charge in [0.1, 0.15) is 0 Å². The number of carbonyl (C=O) groups is 1. The van der Waals surface area contributed by atoms with Gasteiger partial charge in [0.2, 0.25) is 5.91 Å². The van der Waals surface area contributed by atoms with Crippen molar-refractivity contribution in [3.63, 3.8) is 0 Å². The zero-order valence-electron chi connectivity index (χ0n) is 11.2. The Kier molecular flexibility index (Phi) is 5.59. The summed E-state index contributed by atoms with van der Waals surface area (Å²) in [6.45, 7) is 5.88. The highest BCUT2D eigenvalue weighted by molar-refractivity contribution is 5.91. The van der Waals surface area contributed by atoms with Crippen LogP contribution in [0.4, 0.5) is 0 Å². The number of carbonyl (C=O) groups excluding carboxylic acids is 1. The van der Waals surface area contributed by atoms with Gasteiger partial charge >= 0.3 is 0 Å². The molecule has 0 spiro atoms. The summed E-state index contributed by atoms with van der Waals surface area (Å²) in [5.74, 6) is -0.0786. The van der Waals surface area contributed by atoms with E-state index < -0.39 is 0 Å². The summed E-state index contributed by atoms with van der Waals surface area (Å²) in [5, 5.41) is 11.8. The molecule has 18 heavy (non-hydrogen) atoms. The number of rotatable bonds is 5. The molecule has 2 unspecified atom stereocenters. The first-order valence-corrected chi connectivity index (χ1v) is 6.19. The van der Waals surface area contributed by atoms with Crippen LogP contribution in [0, 0.1) is 12.8 Å². The van der Waals surface area contributed by atoms with E-state index >= 15 is 0 Å². The third-order valence-electron chi connectivity index (χ3n) is 3.02. The van der Waals surface area contributed by atoms with Gasteiger partial charge in [0.05, 0.1) is 0 Å². The fourth-order valence-electron chi connectivity index (χ4n) is 1.42. The Labute approximate surface area is 109 Å². The van der Waals surface area contributed by atoms with Gasteiger partial charge in [-0.1, -0.05) is 36.8 Å². The summed E-state index contributed by atoms with van der Waals surface area (Å²) >= 11 is 0. The van der Waals surface area contributed by atoms with Gasteiger partial charge in [0.15, 0.2) is 0 Å². The second-order valence-electron chi connectivity index (χ2n) is 4.70. The summed E-state index contributed by atoms with van der Waals surface area (Å²) in [5.41, 5.74) is 2.20. The monoisotopic (exact) mass is 247 g/mol. The highest BCUT2D eigenvalue weighted by Gasteiger charge is 2.11. The van der Waals surface area contributed by atoms with E-state index in [1.54, 1.807) is 6.08 Å². The number of hydrogen-bond donors (Lipinski definition) is 2. The third-order valence-corrected chi connectivity index (χ3v) is 3.02. The lowest BCUT2D eigenvalue weighted by atomic mass is 10.1. The third kappa shape index (κ3) is 4.72. The molecule has 2 atom stereocenters. The number of aliphatic hydroxyl groups is 1. The van der Waals surface area contributed by atoms with E-state index in [1.807, 2.05) is 45.0 Å². The first kappa shape index (κ1) is 14.5. The van der Waals surface area contributed by atoms with Gasteiger partial charge in [0, 0.05) is 18.7 Å². The maximum atomic E-state index is 11.6. The normalized spacial score (nSPS) is 14.4. The Morgan fingerprint density at radius 1 is 1.33 bits per heavy atom. The highest BCUT2D eigenvalue weighted by Crippen LogP contribution is 2.05. The first-order valence-electron chi connectivity index (χ1n) is 6.19. The minimum absolute atomic E-state index is 0.0369. The first-order chi connectivity index (χ1) is 8.52. The molecule has 0 heterocycles. The Morgan fingerprint density at radius 2 is 1.94 bits per heavy atom. The summed E-state index contributed by atoms with van der Waals surface area (Å²) in [4.78, 5) is 11.6. The number of aryl methyl sites for hydroxylation is 1. The summed E-state index contributed by atoms with van der Waals surface area (Å²) in [7, 11) is 0. The van der Waals surface area contributed by atoms with Crippen molar-refractivity contribution < 1.29 is 9.90 Å². The number of aliphatic hydroxyl groups excluding tert-OH is 1. The summed E-state index contributed by atoms with van der Waals surface area (Å²) in [6, 6.07) is 7.92. The molecule has 0 radical (unpaired) electrons. The highest BCUT2D eigenvalue weighted by atomic mass is 16.3. The van der Waals surface area contributed by atoms with Crippen LogP contribution in [0.3, 0.4) is 0 Å². The van der Waals surface area contributed by atoms with Gasteiger partial charge < -0.3 is 10.4 Å². The van der Waals surface area contributed by atoms with E-state index in [1.165, 1.54) is 11.6 Å². The maximum Gasteiger partial charge on any atom is 0.244 e. The van der Waals surface area contributed by atoms with E-state index in [4.69, 9.17) is 5.11 Å². The van der Waals surface area contributed by atoms with Gasteiger partial charge in [-0.15, -0.1) is 0 Å². The predicted molar refractivity (Wildman–Crippen MR) is 74.1 cm³/mol. The van der Waals surface area contributed by atoms with Gasteiger partial charge in [-0.2, -0.15) is 0 Å². The van der Waals surface area contributed by atoms with Crippen LogP contribution in [0.5, 0.6) is 0 Å². The van der Waals surface area contributed by atoms with Crippen molar-refractivity contribution in [3.8, 4) is 0 Å². The maximum absolute atomic E-state index is 11.6. The van der Waals surface area contributed by atoms with Crippen LogP contribution in [0.1, 0.15) is 25.0 Å².